The summed E-state index contributed by atoms with van der Waals surface area (Å²) in [6, 6.07) is 18.5. The van der Waals surface area contributed by atoms with E-state index in [0.29, 0.717) is 48.6 Å². The largest absolute Gasteiger partial charge is 0.482 e. The molecular weight excluding hydrogens is 594 g/mol. The number of nitrogens with two attached hydrogens (primary N) is 1. The van der Waals surface area contributed by atoms with Crippen molar-refractivity contribution in [1.82, 2.24) is 9.80 Å². The average molecular weight is 638 g/mol. The number of anilines is 2. The van der Waals surface area contributed by atoms with E-state index in [0.717, 1.165) is 60.9 Å². The normalized spacial score (nSPS) is 15.6. The van der Waals surface area contributed by atoms with E-state index in [2.05, 4.69) is 10.6 Å². The number of carbonyl (C=O) groups is 4. The molecule has 0 unspecified atom stereocenters. The molecule has 10 nitrogen and oxygen atoms in total. The third kappa shape index (κ3) is 8.18. The van der Waals surface area contributed by atoms with Gasteiger partial charge in [-0.3, -0.25) is 19.2 Å². The van der Waals surface area contributed by atoms with Crippen LogP contribution in [0.3, 0.4) is 0 Å². The second-order valence-corrected chi connectivity index (χ2v) is 13.6. The van der Waals surface area contributed by atoms with Crippen LogP contribution < -0.4 is 21.1 Å². The minimum Gasteiger partial charge on any atom is -0.482 e. The first-order valence-electron chi connectivity index (χ1n) is 16.5. The number of carbonyl (C=O) groups excluding carboxylic acids is 4. The lowest BCUT2D eigenvalue weighted by Gasteiger charge is -2.29. The summed E-state index contributed by atoms with van der Waals surface area (Å²) < 4.78 is 5.50. The SMILES string of the molecule is CC(C)(N)CCCCC(=O)N1CCc2cc(NC(=O)c3ccc(CN(C(=O)c4ccc5c(c4)OCC(=O)N5)C4CC4)cc3)ccc2C1. The third-order valence-corrected chi connectivity index (χ3v) is 8.97. The van der Waals surface area contributed by atoms with Crippen molar-refractivity contribution in [3.8, 4) is 5.75 Å². The van der Waals surface area contributed by atoms with Crippen LogP contribution in [0.1, 0.15) is 89.8 Å². The number of unbranched alkanes of at least 4 members (excludes halogenated alkanes) is 1. The Kier molecular flexibility index (Phi) is 9.31. The number of nitrogens with zero attached hydrogens (tertiary/aromatic N) is 2. The average Bonchev–Trinajstić information content (AvgIpc) is 3.90. The van der Waals surface area contributed by atoms with Crippen LogP contribution in [-0.4, -0.2) is 58.2 Å². The standard InChI is InChI=1S/C37H43N5O5/c1-37(2,38)17-4-3-5-34(44)41-18-16-26-19-29(12-10-28(26)22-41)39-35(45)25-8-6-24(7-9-25)21-42(30-13-14-30)36(46)27-11-15-31-32(20-27)47-23-33(43)40-31/h6-12,15,19-20,30H,3-5,13-14,16-18,21-23,38H2,1-2H3,(H,39,45)(H,40,43). The van der Waals surface area contributed by atoms with Gasteiger partial charge in [0.1, 0.15) is 5.75 Å². The van der Waals surface area contributed by atoms with Gasteiger partial charge < -0.3 is 30.9 Å². The van der Waals surface area contributed by atoms with Crippen molar-refractivity contribution >= 4 is 35.0 Å². The molecule has 3 aromatic rings. The molecule has 0 bridgehead atoms. The van der Waals surface area contributed by atoms with E-state index in [9.17, 15) is 19.2 Å². The summed E-state index contributed by atoms with van der Waals surface area (Å²) in [6.07, 6.45) is 5.89. The van der Waals surface area contributed by atoms with Crippen LogP contribution >= 0.6 is 0 Å². The Hall–Kier alpha value is -4.70. The minimum atomic E-state index is -0.216. The number of ether oxygens (including phenoxy) is 1. The van der Waals surface area contributed by atoms with Gasteiger partial charge in [-0.25, -0.2) is 0 Å². The van der Waals surface area contributed by atoms with Crippen molar-refractivity contribution in [2.45, 2.75) is 83.5 Å². The van der Waals surface area contributed by atoms with E-state index in [1.807, 2.05) is 54.0 Å². The van der Waals surface area contributed by atoms with E-state index in [1.165, 1.54) is 0 Å². The maximum Gasteiger partial charge on any atom is 0.262 e. The maximum atomic E-state index is 13.5. The fraction of sp³-hybridized carbons (Fsp3) is 0.405. The van der Waals surface area contributed by atoms with Gasteiger partial charge in [-0.1, -0.05) is 24.6 Å². The molecule has 4 N–H and O–H groups in total. The number of hydrogen-bond acceptors (Lipinski definition) is 6. The quantitative estimate of drug-likeness (QED) is 0.246. The zero-order valence-corrected chi connectivity index (χ0v) is 27.1. The van der Waals surface area contributed by atoms with E-state index < -0.39 is 0 Å². The van der Waals surface area contributed by atoms with Gasteiger partial charge in [-0.2, -0.15) is 0 Å². The van der Waals surface area contributed by atoms with Crippen molar-refractivity contribution < 1.29 is 23.9 Å². The predicted octanol–water partition coefficient (Wildman–Crippen LogP) is 5.26. The molecule has 47 heavy (non-hydrogen) atoms. The van der Waals surface area contributed by atoms with Crippen LogP contribution in [0, 0.1) is 0 Å². The summed E-state index contributed by atoms with van der Waals surface area (Å²) in [7, 11) is 0. The molecule has 4 amide bonds. The zero-order valence-electron chi connectivity index (χ0n) is 27.1. The first-order chi connectivity index (χ1) is 22.5. The lowest BCUT2D eigenvalue weighted by molar-refractivity contribution is -0.132. The van der Waals surface area contributed by atoms with E-state index >= 15 is 0 Å². The highest BCUT2D eigenvalue weighted by atomic mass is 16.5. The number of rotatable bonds is 11. The second kappa shape index (κ2) is 13.6. The van der Waals surface area contributed by atoms with Crippen molar-refractivity contribution in [3.63, 3.8) is 0 Å². The third-order valence-electron chi connectivity index (χ3n) is 8.97. The highest BCUT2D eigenvalue weighted by Crippen LogP contribution is 2.33. The Balaban J connectivity index is 1.03. The lowest BCUT2D eigenvalue weighted by atomic mass is 9.97. The van der Waals surface area contributed by atoms with Gasteiger partial charge in [0.2, 0.25) is 5.91 Å². The molecule has 1 fully saturated rings. The van der Waals surface area contributed by atoms with Gasteiger partial charge in [-0.05, 0) is 105 Å². The van der Waals surface area contributed by atoms with Gasteiger partial charge in [0.25, 0.3) is 17.7 Å². The number of nitrogens with one attached hydrogen (secondary N) is 2. The molecule has 1 saturated carbocycles. The molecule has 3 aromatic carbocycles. The van der Waals surface area contributed by atoms with Gasteiger partial charge >= 0.3 is 0 Å². The van der Waals surface area contributed by atoms with Crippen molar-refractivity contribution in [2.24, 2.45) is 5.73 Å². The molecule has 0 spiro atoms. The highest BCUT2D eigenvalue weighted by Gasteiger charge is 2.33. The second-order valence-electron chi connectivity index (χ2n) is 13.6. The molecule has 0 aromatic heterocycles. The monoisotopic (exact) mass is 637 g/mol. The van der Waals surface area contributed by atoms with Crippen LogP contribution in [-0.2, 0) is 29.1 Å². The van der Waals surface area contributed by atoms with Gasteiger partial charge in [0, 0.05) is 54.5 Å². The van der Waals surface area contributed by atoms with Gasteiger partial charge in [-0.15, -0.1) is 0 Å². The maximum absolute atomic E-state index is 13.5. The fourth-order valence-electron chi connectivity index (χ4n) is 6.15. The Labute approximate surface area is 275 Å². The smallest absolute Gasteiger partial charge is 0.262 e. The van der Waals surface area contributed by atoms with Gasteiger partial charge in [0.15, 0.2) is 6.61 Å². The molecule has 1 aliphatic carbocycles. The molecule has 0 saturated heterocycles. The molecule has 2 heterocycles. The van der Waals surface area contributed by atoms with Crippen LogP contribution in [0.15, 0.2) is 60.7 Å². The predicted molar refractivity (Wildman–Crippen MR) is 180 cm³/mol. The van der Waals surface area contributed by atoms with E-state index in [1.54, 1.807) is 30.3 Å². The summed E-state index contributed by atoms with van der Waals surface area (Å²) in [4.78, 5) is 54.8. The Morgan fingerprint density at radius 2 is 1.77 bits per heavy atom. The summed E-state index contributed by atoms with van der Waals surface area (Å²) in [5.74, 6) is 0.156. The molecule has 0 radical (unpaired) electrons. The fourth-order valence-corrected chi connectivity index (χ4v) is 6.15. The van der Waals surface area contributed by atoms with Crippen LogP contribution in [0.4, 0.5) is 11.4 Å². The van der Waals surface area contributed by atoms with E-state index in [4.69, 9.17) is 10.5 Å². The molecule has 10 heteroatoms. The summed E-state index contributed by atoms with van der Waals surface area (Å²) in [5.41, 5.74) is 11.4. The number of fused-ring (bicyclic) bond motifs is 2. The van der Waals surface area contributed by atoms with E-state index in [-0.39, 0.29) is 41.8 Å². The number of amides is 4. The highest BCUT2D eigenvalue weighted by molar-refractivity contribution is 6.04. The lowest BCUT2D eigenvalue weighted by Crippen LogP contribution is -2.36. The zero-order chi connectivity index (χ0) is 33.1. The Bertz CT molecular complexity index is 1680. The van der Waals surface area contributed by atoms with Crippen molar-refractivity contribution in [2.75, 3.05) is 23.8 Å². The van der Waals surface area contributed by atoms with Crippen LogP contribution in [0.5, 0.6) is 5.75 Å². The van der Waals surface area contributed by atoms with Gasteiger partial charge in [0.05, 0.1) is 5.69 Å². The first kappa shape index (κ1) is 32.2. The Morgan fingerprint density at radius 1 is 1.00 bits per heavy atom. The van der Waals surface area contributed by atoms with Crippen molar-refractivity contribution in [3.05, 3.63) is 88.5 Å². The summed E-state index contributed by atoms with van der Waals surface area (Å²) in [5, 5.41) is 5.76. The molecule has 0 atom stereocenters. The number of hydrogen-bond donors (Lipinski definition) is 3. The van der Waals surface area contributed by atoms with Crippen LogP contribution in [0.2, 0.25) is 0 Å². The summed E-state index contributed by atoms with van der Waals surface area (Å²) >= 11 is 0. The summed E-state index contributed by atoms with van der Waals surface area (Å²) in [6.45, 7) is 5.64. The first-order valence-corrected chi connectivity index (χ1v) is 16.5. The topological polar surface area (TPSA) is 134 Å². The van der Waals surface area contributed by atoms with Crippen molar-refractivity contribution in [1.29, 1.82) is 0 Å². The molecular formula is C37H43N5O5. The minimum absolute atomic E-state index is 0.0696. The van der Waals surface area contributed by atoms with Crippen LogP contribution in [0.25, 0.3) is 0 Å². The molecule has 3 aliphatic rings. The molecule has 2 aliphatic heterocycles. The molecule has 6 rings (SSSR count). The molecule has 246 valence electrons. The number of benzene rings is 3. The Morgan fingerprint density at radius 3 is 2.51 bits per heavy atom.